The summed E-state index contributed by atoms with van der Waals surface area (Å²) in [5.41, 5.74) is 9.22. The van der Waals surface area contributed by atoms with E-state index in [1.165, 1.54) is 18.4 Å². The number of fused-ring (bicyclic) bond motifs is 1. The van der Waals surface area contributed by atoms with E-state index in [0.717, 1.165) is 38.0 Å². The zero-order valence-electron chi connectivity index (χ0n) is 10.8. The van der Waals surface area contributed by atoms with Crippen molar-refractivity contribution in [2.75, 3.05) is 30.8 Å². The summed E-state index contributed by atoms with van der Waals surface area (Å²) in [4.78, 5) is 13.4. The minimum absolute atomic E-state index is 0.139. The number of anilines is 2. The molecule has 0 atom stereocenters. The first-order chi connectivity index (χ1) is 8.70. The van der Waals surface area contributed by atoms with Gasteiger partial charge in [-0.25, -0.2) is 0 Å². The van der Waals surface area contributed by atoms with Crippen molar-refractivity contribution in [1.82, 2.24) is 0 Å². The second-order valence-corrected chi connectivity index (χ2v) is 4.66. The first-order valence-electron chi connectivity index (χ1n) is 6.41. The van der Waals surface area contributed by atoms with Gasteiger partial charge in [0.25, 0.3) is 0 Å². The monoisotopic (exact) mass is 248 g/mol. The summed E-state index contributed by atoms with van der Waals surface area (Å²) < 4.78 is 4.65. The van der Waals surface area contributed by atoms with Crippen molar-refractivity contribution in [3.63, 3.8) is 0 Å². The molecule has 1 aromatic carbocycles. The highest BCUT2D eigenvalue weighted by Crippen LogP contribution is 2.29. The topological polar surface area (TPSA) is 55.6 Å². The smallest absolute Gasteiger partial charge is 0.305 e. The number of methoxy groups -OCH3 is 1. The Kier molecular flexibility index (Phi) is 4.07. The van der Waals surface area contributed by atoms with Crippen LogP contribution in [-0.4, -0.2) is 26.2 Å². The first kappa shape index (κ1) is 12.7. The molecule has 2 rings (SSSR count). The van der Waals surface area contributed by atoms with Crippen LogP contribution in [0.2, 0.25) is 0 Å². The fourth-order valence-electron chi connectivity index (χ4n) is 2.42. The van der Waals surface area contributed by atoms with Crippen LogP contribution in [0.3, 0.4) is 0 Å². The largest absolute Gasteiger partial charge is 0.469 e. The lowest BCUT2D eigenvalue weighted by atomic mass is 10.0. The third-order valence-corrected chi connectivity index (χ3v) is 3.36. The molecular weight excluding hydrogens is 228 g/mol. The van der Waals surface area contributed by atoms with Crippen LogP contribution in [-0.2, 0) is 16.0 Å². The number of benzene rings is 1. The molecule has 0 spiro atoms. The summed E-state index contributed by atoms with van der Waals surface area (Å²) in [5.74, 6) is -0.139. The molecule has 0 saturated carbocycles. The van der Waals surface area contributed by atoms with Crippen LogP contribution in [0.1, 0.15) is 24.8 Å². The van der Waals surface area contributed by atoms with Crippen LogP contribution in [0, 0.1) is 0 Å². The average Bonchev–Trinajstić information content (AvgIpc) is 2.39. The molecule has 0 bridgehead atoms. The number of hydrogen-bond donors (Lipinski definition) is 1. The lowest BCUT2D eigenvalue weighted by molar-refractivity contribution is -0.140. The minimum Gasteiger partial charge on any atom is -0.469 e. The van der Waals surface area contributed by atoms with Crippen molar-refractivity contribution in [3.05, 3.63) is 23.8 Å². The standard InChI is InChI=1S/C14H20N2O2/c1-18-14(17)5-3-9-16-8-2-4-11-6-7-12(15)10-13(11)16/h6-7,10H,2-5,8-9,15H2,1H3. The molecular formula is C14H20N2O2. The van der Waals surface area contributed by atoms with Crippen molar-refractivity contribution in [2.45, 2.75) is 25.7 Å². The van der Waals surface area contributed by atoms with Crippen LogP contribution in [0.4, 0.5) is 11.4 Å². The van der Waals surface area contributed by atoms with E-state index in [9.17, 15) is 4.79 Å². The zero-order chi connectivity index (χ0) is 13.0. The van der Waals surface area contributed by atoms with Crippen LogP contribution in [0.25, 0.3) is 0 Å². The number of rotatable bonds is 4. The molecule has 98 valence electrons. The molecule has 1 heterocycles. The maximum Gasteiger partial charge on any atom is 0.305 e. The minimum atomic E-state index is -0.139. The highest BCUT2D eigenvalue weighted by molar-refractivity contribution is 5.69. The van der Waals surface area contributed by atoms with Crippen LogP contribution in [0.15, 0.2) is 18.2 Å². The van der Waals surface area contributed by atoms with E-state index >= 15 is 0 Å². The van der Waals surface area contributed by atoms with E-state index in [2.05, 4.69) is 15.7 Å². The molecule has 0 aromatic heterocycles. The van der Waals surface area contributed by atoms with Crippen molar-refractivity contribution in [2.24, 2.45) is 0 Å². The second-order valence-electron chi connectivity index (χ2n) is 4.66. The zero-order valence-corrected chi connectivity index (χ0v) is 10.8. The molecule has 4 heteroatoms. The van der Waals surface area contributed by atoms with Crippen molar-refractivity contribution in [3.8, 4) is 0 Å². The summed E-state index contributed by atoms with van der Waals surface area (Å²) in [7, 11) is 1.43. The fraction of sp³-hybridized carbons (Fsp3) is 0.500. The SMILES string of the molecule is COC(=O)CCCN1CCCc2ccc(N)cc21. The Morgan fingerprint density at radius 3 is 3.11 bits per heavy atom. The van der Waals surface area contributed by atoms with Gasteiger partial charge >= 0.3 is 5.97 Å². The summed E-state index contributed by atoms with van der Waals surface area (Å²) in [5, 5.41) is 0. The van der Waals surface area contributed by atoms with Crippen molar-refractivity contribution in [1.29, 1.82) is 0 Å². The van der Waals surface area contributed by atoms with Gasteiger partial charge < -0.3 is 15.4 Å². The highest BCUT2D eigenvalue weighted by Gasteiger charge is 2.16. The van der Waals surface area contributed by atoms with Gasteiger partial charge in [-0.05, 0) is 37.0 Å². The molecule has 0 fully saturated rings. The van der Waals surface area contributed by atoms with Gasteiger partial charge in [0.15, 0.2) is 0 Å². The number of ether oxygens (including phenoxy) is 1. The number of esters is 1. The Labute approximate surface area is 108 Å². The second kappa shape index (κ2) is 5.76. The molecule has 18 heavy (non-hydrogen) atoms. The van der Waals surface area contributed by atoms with E-state index in [1.54, 1.807) is 0 Å². The Morgan fingerprint density at radius 2 is 2.33 bits per heavy atom. The van der Waals surface area contributed by atoms with Gasteiger partial charge in [-0.2, -0.15) is 0 Å². The van der Waals surface area contributed by atoms with Gasteiger partial charge in [0.05, 0.1) is 7.11 Å². The van der Waals surface area contributed by atoms with Gasteiger partial charge in [0.1, 0.15) is 0 Å². The van der Waals surface area contributed by atoms with Crippen LogP contribution >= 0.6 is 0 Å². The number of aryl methyl sites for hydroxylation is 1. The molecule has 1 aliphatic heterocycles. The number of hydrogen-bond acceptors (Lipinski definition) is 4. The molecule has 2 N–H and O–H groups in total. The number of nitrogens with zero attached hydrogens (tertiary/aromatic N) is 1. The fourth-order valence-corrected chi connectivity index (χ4v) is 2.42. The lowest BCUT2D eigenvalue weighted by Gasteiger charge is -2.31. The average molecular weight is 248 g/mol. The predicted molar refractivity (Wildman–Crippen MR) is 72.6 cm³/mol. The number of carbonyl (C=O) groups excluding carboxylic acids is 1. The third-order valence-electron chi connectivity index (χ3n) is 3.36. The van der Waals surface area contributed by atoms with Crippen molar-refractivity contribution >= 4 is 17.3 Å². The Bertz CT molecular complexity index is 432. The van der Waals surface area contributed by atoms with Gasteiger partial charge in [0.2, 0.25) is 0 Å². The Balaban J connectivity index is 1.99. The van der Waals surface area contributed by atoms with E-state index in [0.29, 0.717) is 6.42 Å². The number of carbonyl (C=O) groups is 1. The van der Waals surface area contributed by atoms with Crippen LogP contribution in [0.5, 0.6) is 0 Å². The molecule has 0 amide bonds. The normalized spacial score (nSPS) is 14.2. The van der Waals surface area contributed by atoms with Gasteiger partial charge in [0, 0.05) is 30.9 Å². The highest BCUT2D eigenvalue weighted by atomic mass is 16.5. The van der Waals surface area contributed by atoms with E-state index in [1.807, 2.05) is 12.1 Å². The van der Waals surface area contributed by atoms with Crippen molar-refractivity contribution < 1.29 is 9.53 Å². The molecule has 1 aromatic rings. The quantitative estimate of drug-likeness (QED) is 0.654. The third kappa shape index (κ3) is 2.94. The van der Waals surface area contributed by atoms with Crippen LogP contribution < -0.4 is 10.6 Å². The Morgan fingerprint density at radius 1 is 1.50 bits per heavy atom. The summed E-state index contributed by atoms with van der Waals surface area (Å²) in [6.07, 6.45) is 3.57. The lowest BCUT2D eigenvalue weighted by Crippen LogP contribution is -2.30. The summed E-state index contributed by atoms with van der Waals surface area (Å²) >= 11 is 0. The number of nitrogens with two attached hydrogens (primary N) is 1. The molecule has 1 aliphatic rings. The predicted octanol–water partition coefficient (Wildman–Crippen LogP) is 1.97. The first-order valence-corrected chi connectivity index (χ1v) is 6.41. The molecule has 0 aliphatic carbocycles. The van der Waals surface area contributed by atoms with E-state index in [-0.39, 0.29) is 5.97 Å². The molecule has 0 unspecified atom stereocenters. The Hall–Kier alpha value is -1.71. The maximum absolute atomic E-state index is 11.1. The molecule has 4 nitrogen and oxygen atoms in total. The van der Waals surface area contributed by atoms with E-state index < -0.39 is 0 Å². The van der Waals surface area contributed by atoms with Gasteiger partial charge in [-0.15, -0.1) is 0 Å². The molecule has 0 radical (unpaired) electrons. The summed E-state index contributed by atoms with van der Waals surface area (Å²) in [6.45, 7) is 1.92. The maximum atomic E-state index is 11.1. The summed E-state index contributed by atoms with van der Waals surface area (Å²) in [6, 6.07) is 6.10. The number of nitrogen functional groups attached to an aromatic ring is 1. The van der Waals surface area contributed by atoms with Gasteiger partial charge in [-0.3, -0.25) is 4.79 Å². The van der Waals surface area contributed by atoms with E-state index in [4.69, 9.17) is 5.73 Å². The molecule has 0 saturated heterocycles. The van der Waals surface area contributed by atoms with Gasteiger partial charge in [-0.1, -0.05) is 6.07 Å².